The van der Waals surface area contributed by atoms with Crippen molar-refractivity contribution in [1.82, 2.24) is 14.8 Å². The van der Waals surface area contributed by atoms with Gasteiger partial charge in [0.05, 0.1) is 0 Å². The molecule has 0 aliphatic rings. The Kier molecular flexibility index (Phi) is 4.52. The van der Waals surface area contributed by atoms with Gasteiger partial charge in [-0.2, -0.15) is 4.98 Å². The van der Waals surface area contributed by atoms with Crippen molar-refractivity contribution in [1.29, 1.82) is 0 Å². The Balaban J connectivity index is 2.07. The fourth-order valence-corrected chi connectivity index (χ4v) is 2.28. The van der Waals surface area contributed by atoms with E-state index < -0.39 is 0 Å². The number of benzene rings is 1. The van der Waals surface area contributed by atoms with Crippen molar-refractivity contribution < 1.29 is 4.79 Å². The van der Waals surface area contributed by atoms with Gasteiger partial charge in [-0.25, -0.2) is 4.68 Å². The fourth-order valence-electron chi connectivity index (χ4n) is 1.36. The number of aromatic nitrogens is 3. The first-order chi connectivity index (χ1) is 8.94. The zero-order valence-corrected chi connectivity index (χ0v) is 12.2. The molecular weight excluding hydrogens is 334 g/mol. The Morgan fingerprint density at radius 3 is 2.32 bits per heavy atom. The predicted octanol–water partition coefficient (Wildman–Crippen LogP) is 3.53. The quantitative estimate of drug-likeness (QED) is 0.930. The molecular formula is C10H6Cl4N4O. The molecule has 1 aromatic heterocycles. The SMILES string of the molecule is O=C(Cn1nc(Cl)nc1Cl)Nc1cc(Cl)cc(Cl)c1. The molecule has 1 amide bonds. The molecule has 0 unspecified atom stereocenters. The average molecular weight is 340 g/mol. The lowest BCUT2D eigenvalue weighted by molar-refractivity contribution is -0.116. The number of nitrogens with zero attached hydrogens (tertiary/aromatic N) is 3. The summed E-state index contributed by atoms with van der Waals surface area (Å²) in [4.78, 5) is 15.4. The smallest absolute Gasteiger partial charge is 0.246 e. The number of hydrogen-bond acceptors (Lipinski definition) is 3. The maximum Gasteiger partial charge on any atom is 0.246 e. The predicted molar refractivity (Wildman–Crippen MR) is 75.1 cm³/mol. The third-order valence-corrected chi connectivity index (χ3v) is 2.92. The molecule has 19 heavy (non-hydrogen) atoms. The van der Waals surface area contributed by atoms with Crippen molar-refractivity contribution in [2.45, 2.75) is 6.54 Å². The lowest BCUT2D eigenvalue weighted by atomic mass is 10.3. The summed E-state index contributed by atoms with van der Waals surface area (Å²) in [6, 6.07) is 4.70. The van der Waals surface area contributed by atoms with Gasteiger partial charge in [0, 0.05) is 15.7 Å². The van der Waals surface area contributed by atoms with Gasteiger partial charge in [-0.3, -0.25) is 4.79 Å². The summed E-state index contributed by atoms with van der Waals surface area (Å²) in [6.45, 7) is -0.122. The summed E-state index contributed by atoms with van der Waals surface area (Å²) in [5.74, 6) is -0.359. The van der Waals surface area contributed by atoms with E-state index in [1.807, 2.05) is 0 Å². The summed E-state index contributed by atoms with van der Waals surface area (Å²) in [7, 11) is 0. The second-order valence-corrected chi connectivity index (χ2v) is 5.06. The summed E-state index contributed by atoms with van der Waals surface area (Å²) in [5, 5.41) is 7.21. The fraction of sp³-hybridized carbons (Fsp3) is 0.100. The van der Waals surface area contributed by atoms with Crippen LogP contribution >= 0.6 is 46.4 Å². The van der Waals surface area contributed by atoms with E-state index in [-0.39, 0.29) is 23.0 Å². The molecule has 1 heterocycles. The van der Waals surface area contributed by atoms with Gasteiger partial charge in [-0.15, -0.1) is 5.10 Å². The Bertz CT molecular complexity index is 608. The summed E-state index contributed by atoms with van der Waals surface area (Å²) < 4.78 is 1.17. The molecule has 0 saturated carbocycles. The zero-order valence-electron chi connectivity index (χ0n) is 9.20. The second kappa shape index (κ2) is 5.96. The van der Waals surface area contributed by atoms with Gasteiger partial charge in [-0.05, 0) is 41.4 Å². The monoisotopic (exact) mass is 338 g/mol. The van der Waals surface area contributed by atoms with Crippen LogP contribution in [-0.2, 0) is 11.3 Å². The Hall–Kier alpha value is -1.01. The maximum atomic E-state index is 11.8. The third kappa shape index (κ3) is 3.98. The normalized spacial score (nSPS) is 10.5. The number of amides is 1. The standard InChI is InChI=1S/C10H6Cl4N4O/c11-5-1-6(12)3-7(2-5)15-8(19)4-18-10(14)16-9(13)17-18/h1-3H,4H2,(H,15,19). The number of carbonyl (C=O) groups excluding carboxylic acids is 1. The van der Waals surface area contributed by atoms with E-state index >= 15 is 0 Å². The highest BCUT2D eigenvalue weighted by atomic mass is 35.5. The molecule has 5 nitrogen and oxygen atoms in total. The second-order valence-electron chi connectivity index (χ2n) is 3.51. The third-order valence-electron chi connectivity index (χ3n) is 2.04. The van der Waals surface area contributed by atoms with Gasteiger partial charge in [0.25, 0.3) is 0 Å². The van der Waals surface area contributed by atoms with Gasteiger partial charge in [0.2, 0.25) is 16.5 Å². The molecule has 0 fully saturated rings. The molecule has 1 aromatic carbocycles. The van der Waals surface area contributed by atoms with Crippen LogP contribution in [-0.4, -0.2) is 20.7 Å². The Morgan fingerprint density at radius 2 is 1.79 bits per heavy atom. The highest BCUT2D eigenvalue weighted by Gasteiger charge is 2.11. The first-order valence-corrected chi connectivity index (χ1v) is 6.47. The molecule has 1 N–H and O–H groups in total. The van der Waals surface area contributed by atoms with E-state index in [1.54, 1.807) is 18.2 Å². The summed E-state index contributed by atoms with van der Waals surface area (Å²) in [5.41, 5.74) is 0.477. The number of carbonyl (C=O) groups is 1. The molecule has 0 radical (unpaired) electrons. The van der Waals surface area contributed by atoms with Crippen LogP contribution in [0.2, 0.25) is 20.6 Å². The first-order valence-electron chi connectivity index (χ1n) is 4.96. The van der Waals surface area contributed by atoms with Crippen LogP contribution in [0.5, 0.6) is 0 Å². The molecule has 9 heteroatoms. The van der Waals surface area contributed by atoms with Crippen molar-refractivity contribution in [3.8, 4) is 0 Å². The topological polar surface area (TPSA) is 59.8 Å². The van der Waals surface area contributed by atoms with Crippen LogP contribution in [0.3, 0.4) is 0 Å². The van der Waals surface area contributed by atoms with Crippen LogP contribution in [0.15, 0.2) is 18.2 Å². The molecule has 0 saturated heterocycles. The van der Waals surface area contributed by atoms with Crippen LogP contribution in [0.25, 0.3) is 0 Å². The minimum absolute atomic E-state index is 0.0244. The maximum absolute atomic E-state index is 11.8. The highest BCUT2D eigenvalue weighted by Crippen LogP contribution is 2.22. The van der Waals surface area contributed by atoms with E-state index in [0.29, 0.717) is 15.7 Å². The first kappa shape index (κ1) is 14.4. The van der Waals surface area contributed by atoms with E-state index in [1.165, 1.54) is 4.68 Å². The minimum Gasteiger partial charge on any atom is -0.324 e. The van der Waals surface area contributed by atoms with Crippen molar-refractivity contribution in [3.05, 3.63) is 38.8 Å². The molecule has 0 bridgehead atoms. The lowest BCUT2D eigenvalue weighted by Crippen LogP contribution is -2.19. The van der Waals surface area contributed by atoms with Gasteiger partial charge in [0.1, 0.15) is 6.54 Å². The summed E-state index contributed by atoms with van der Waals surface area (Å²) in [6.07, 6.45) is 0. The molecule has 0 atom stereocenters. The van der Waals surface area contributed by atoms with Crippen LogP contribution in [0.1, 0.15) is 0 Å². The van der Waals surface area contributed by atoms with Crippen molar-refractivity contribution in [2.24, 2.45) is 0 Å². The molecule has 0 aliphatic heterocycles. The van der Waals surface area contributed by atoms with Gasteiger partial charge in [0.15, 0.2) is 0 Å². The van der Waals surface area contributed by atoms with E-state index in [2.05, 4.69) is 15.4 Å². The van der Waals surface area contributed by atoms with Gasteiger partial charge in [-0.1, -0.05) is 23.2 Å². The average Bonchev–Trinajstić information content (AvgIpc) is 2.55. The number of nitrogens with one attached hydrogen (secondary N) is 1. The minimum atomic E-state index is -0.359. The molecule has 100 valence electrons. The lowest BCUT2D eigenvalue weighted by Gasteiger charge is -2.06. The van der Waals surface area contributed by atoms with E-state index in [4.69, 9.17) is 46.4 Å². The van der Waals surface area contributed by atoms with Crippen LogP contribution < -0.4 is 5.32 Å². The van der Waals surface area contributed by atoms with E-state index in [0.717, 1.165) is 0 Å². The zero-order chi connectivity index (χ0) is 14.0. The molecule has 0 spiro atoms. The van der Waals surface area contributed by atoms with Crippen molar-refractivity contribution in [3.63, 3.8) is 0 Å². The highest BCUT2D eigenvalue weighted by molar-refractivity contribution is 6.35. The van der Waals surface area contributed by atoms with Gasteiger partial charge < -0.3 is 5.32 Å². The van der Waals surface area contributed by atoms with Crippen LogP contribution in [0.4, 0.5) is 5.69 Å². The number of hydrogen-bond donors (Lipinski definition) is 1. The number of anilines is 1. The molecule has 2 aromatic rings. The molecule has 2 rings (SSSR count). The number of halogens is 4. The molecule has 0 aliphatic carbocycles. The van der Waals surface area contributed by atoms with Crippen molar-refractivity contribution in [2.75, 3.05) is 5.32 Å². The van der Waals surface area contributed by atoms with Gasteiger partial charge >= 0.3 is 0 Å². The van der Waals surface area contributed by atoms with Crippen molar-refractivity contribution >= 4 is 58.0 Å². The van der Waals surface area contributed by atoms with E-state index in [9.17, 15) is 4.79 Å². The largest absolute Gasteiger partial charge is 0.324 e. The number of rotatable bonds is 3. The summed E-state index contributed by atoms with van der Waals surface area (Å²) >= 11 is 22.9. The Labute approximate surface area is 128 Å². The Morgan fingerprint density at radius 1 is 1.16 bits per heavy atom. The van der Waals surface area contributed by atoms with Crippen LogP contribution in [0, 0.1) is 0 Å².